The van der Waals surface area contributed by atoms with Gasteiger partial charge in [-0.2, -0.15) is 0 Å². The number of rotatable bonds is 4. The normalized spacial score (nSPS) is 10.0. The van der Waals surface area contributed by atoms with E-state index in [2.05, 4.69) is 15.5 Å². The Morgan fingerprint density at radius 3 is 2.54 bits per heavy atom. The molecule has 0 fully saturated rings. The molecular formula is C17H18N4O3. The van der Waals surface area contributed by atoms with Crippen LogP contribution in [0.2, 0.25) is 0 Å². The van der Waals surface area contributed by atoms with Crippen molar-refractivity contribution in [2.75, 3.05) is 11.9 Å². The largest absolute Gasteiger partial charge is 0.494 e. The second-order valence-electron chi connectivity index (χ2n) is 5.24. The molecule has 124 valence electrons. The fourth-order valence-electron chi connectivity index (χ4n) is 2.25. The molecule has 24 heavy (non-hydrogen) atoms. The number of urea groups is 1. The van der Waals surface area contributed by atoms with Crippen LogP contribution in [0.15, 0.2) is 35.1 Å². The third kappa shape index (κ3) is 3.55. The average molecular weight is 326 g/mol. The second-order valence-corrected chi connectivity index (χ2v) is 5.24. The van der Waals surface area contributed by atoms with Gasteiger partial charge < -0.3 is 15.7 Å². The van der Waals surface area contributed by atoms with E-state index >= 15 is 0 Å². The number of nitrogens with one attached hydrogen (secondary N) is 2. The van der Waals surface area contributed by atoms with Crippen LogP contribution in [0.3, 0.4) is 0 Å². The van der Waals surface area contributed by atoms with E-state index in [1.807, 2.05) is 6.07 Å². The Bertz CT molecular complexity index is 851. The molecule has 7 nitrogen and oxygen atoms in total. The maximum atomic E-state index is 12.2. The number of pyridine rings is 1. The number of carbonyl (C=O) groups is 1. The van der Waals surface area contributed by atoms with Crippen molar-refractivity contribution in [3.05, 3.63) is 63.2 Å². The van der Waals surface area contributed by atoms with E-state index in [-0.39, 0.29) is 24.7 Å². The van der Waals surface area contributed by atoms with Crippen LogP contribution in [0.5, 0.6) is 5.88 Å². The molecule has 1 aromatic heterocycles. The second kappa shape index (κ2) is 7.33. The Kier molecular flexibility index (Phi) is 5.22. The molecule has 2 aromatic rings. The van der Waals surface area contributed by atoms with Gasteiger partial charge in [-0.25, -0.2) is 9.64 Å². The summed E-state index contributed by atoms with van der Waals surface area (Å²) in [5.74, 6) is -0.185. The first-order chi connectivity index (χ1) is 11.5. The number of hydrogen-bond donors (Lipinski definition) is 3. The van der Waals surface area contributed by atoms with E-state index in [9.17, 15) is 14.7 Å². The Balaban J connectivity index is 2.05. The monoisotopic (exact) mass is 326 g/mol. The fourth-order valence-corrected chi connectivity index (χ4v) is 2.25. The minimum Gasteiger partial charge on any atom is -0.494 e. The molecule has 0 aliphatic heterocycles. The zero-order valence-electron chi connectivity index (χ0n) is 13.5. The molecule has 0 bridgehead atoms. The number of carbonyl (C=O) groups excluding carboxylic acids is 1. The lowest BCUT2D eigenvalue weighted by atomic mass is 10.1. The van der Waals surface area contributed by atoms with Gasteiger partial charge in [0.15, 0.2) is 5.88 Å². The number of aromatic nitrogens is 1. The van der Waals surface area contributed by atoms with Gasteiger partial charge in [0.1, 0.15) is 0 Å². The van der Waals surface area contributed by atoms with E-state index in [4.69, 9.17) is 6.57 Å². The van der Waals surface area contributed by atoms with Gasteiger partial charge in [-0.3, -0.25) is 9.36 Å². The maximum Gasteiger partial charge on any atom is 0.319 e. The molecule has 3 N–H and O–H groups in total. The van der Waals surface area contributed by atoms with Crippen molar-refractivity contribution in [3.63, 3.8) is 0 Å². The summed E-state index contributed by atoms with van der Waals surface area (Å²) in [5.41, 5.74) is 1.03. The number of anilines is 1. The molecule has 0 aliphatic rings. The summed E-state index contributed by atoms with van der Waals surface area (Å²) in [7, 11) is 0. The van der Waals surface area contributed by atoms with Gasteiger partial charge in [0, 0.05) is 24.3 Å². The molecule has 2 rings (SSSR count). The van der Waals surface area contributed by atoms with Crippen LogP contribution in [0.1, 0.15) is 11.1 Å². The van der Waals surface area contributed by atoms with E-state index in [1.54, 1.807) is 38.1 Å². The molecule has 0 spiro atoms. The van der Waals surface area contributed by atoms with Crippen LogP contribution in [-0.2, 0) is 6.54 Å². The van der Waals surface area contributed by atoms with Gasteiger partial charge in [0.25, 0.3) is 11.2 Å². The summed E-state index contributed by atoms with van der Waals surface area (Å²) >= 11 is 0. The number of hydrogen-bond acceptors (Lipinski definition) is 3. The number of benzene rings is 1. The van der Waals surface area contributed by atoms with E-state index in [1.165, 1.54) is 0 Å². The molecule has 1 heterocycles. The lowest BCUT2D eigenvalue weighted by molar-refractivity contribution is 0.251. The number of nitrogens with zero attached hydrogens (tertiary/aromatic N) is 2. The highest BCUT2D eigenvalue weighted by atomic mass is 16.3. The first-order valence-electron chi connectivity index (χ1n) is 7.36. The highest BCUT2D eigenvalue weighted by molar-refractivity contribution is 5.89. The highest BCUT2D eigenvalue weighted by Gasteiger charge is 2.16. The summed E-state index contributed by atoms with van der Waals surface area (Å²) in [4.78, 5) is 27.3. The van der Waals surface area contributed by atoms with Crippen LogP contribution in [0.4, 0.5) is 16.2 Å². The molecule has 2 amide bonds. The zero-order valence-corrected chi connectivity index (χ0v) is 13.5. The Morgan fingerprint density at radius 2 is 1.92 bits per heavy atom. The fraction of sp³-hybridized carbons (Fsp3) is 0.235. The minimum absolute atomic E-state index is 0.0148. The molecule has 0 saturated carbocycles. The van der Waals surface area contributed by atoms with Gasteiger partial charge in [-0.1, -0.05) is 18.2 Å². The van der Waals surface area contributed by atoms with Crippen LogP contribution in [-0.4, -0.2) is 22.2 Å². The van der Waals surface area contributed by atoms with E-state index in [0.29, 0.717) is 16.8 Å². The van der Waals surface area contributed by atoms with Crippen molar-refractivity contribution < 1.29 is 9.90 Å². The van der Waals surface area contributed by atoms with E-state index < -0.39 is 11.6 Å². The smallest absolute Gasteiger partial charge is 0.319 e. The van der Waals surface area contributed by atoms with Crippen molar-refractivity contribution in [2.45, 2.75) is 20.4 Å². The predicted molar refractivity (Wildman–Crippen MR) is 91.6 cm³/mol. The quantitative estimate of drug-likeness (QED) is 0.755. The maximum absolute atomic E-state index is 12.2. The molecular weight excluding hydrogens is 308 g/mol. The lowest BCUT2D eigenvalue weighted by Crippen LogP contribution is -2.34. The average Bonchev–Trinajstić information content (AvgIpc) is 2.57. The van der Waals surface area contributed by atoms with Crippen molar-refractivity contribution in [1.29, 1.82) is 0 Å². The molecule has 0 saturated heterocycles. The van der Waals surface area contributed by atoms with Crippen LogP contribution >= 0.6 is 0 Å². The third-order valence-corrected chi connectivity index (χ3v) is 3.72. The zero-order chi connectivity index (χ0) is 17.7. The molecule has 0 radical (unpaired) electrons. The molecule has 0 atom stereocenters. The molecule has 0 aliphatic carbocycles. The SMILES string of the molecule is [C-]#[N+]c1c(C)c(C)c(O)n(CCNC(=O)Nc2ccccc2)c1=O. The van der Waals surface area contributed by atoms with E-state index in [0.717, 1.165) is 4.57 Å². The van der Waals surface area contributed by atoms with Gasteiger partial charge in [0.2, 0.25) is 0 Å². The summed E-state index contributed by atoms with van der Waals surface area (Å²) in [6, 6.07) is 8.53. The summed E-state index contributed by atoms with van der Waals surface area (Å²) < 4.78 is 1.10. The van der Waals surface area contributed by atoms with Gasteiger partial charge in [-0.05, 0) is 31.5 Å². The number of aromatic hydroxyl groups is 1. The van der Waals surface area contributed by atoms with Crippen molar-refractivity contribution >= 4 is 17.4 Å². The predicted octanol–water partition coefficient (Wildman–Crippen LogP) is 2.54. The first kappa shape index (κ1) is 17.1. The van der Waals surface area contributed by atoms with Crippen molar-refractivity contribution in [1.82, 2.24) is 9.88 Å². The highest BCUT2D eigenvalue weighted by Crippen LogP contribution is 2.24. The first-order valence-corrected chi connectivity index (χ1v) is 7.36. The topological polar surface area (TPSA) is 87.7 Å². The van der Waals surface area contributed by atoms with Gasteiger partial charge in [-0.15, -0.1) is 0 Å². The standard InChI is InChI=1S/C17H18N4O3/c1-11-12(2)15(22)21(16(23)14(11)18-3)10-9-19-17(24)20-13-7-5-4-6-8-13/h4-8,22H,9-10H2,1-2H3,(H2,19,20,24). The Hall–Kier alpha value is -3.27. The molecule has 1 aromatic carbocycles. The van der Waals surface area contributed by atoms with Crippen molar-refractivity contribution in [3.8, 4) is 5.88 Å². The van der Waals surface area contributed by atoms with Crippen LogP contribution in [0, 0.1) is 20.4 Å². The van der Waals surface area contributed by atoms with Gasteiger partial charge >= 0.3 is 6.03 Å². The Morgan fingerprint density at radius 1 is 1.25 bits per heavy atom. The van der Waals surface area contributed by atoms with Crippen molar-refractivity contribution in [2.24, 2.45) is 0 Å². The lowest BCUT2D eigenvalue weighted by Gasteiger charge is -2.14. The summed E-state index contributed by atoms with van der Waals surface area (Å²) in [6.07, 6.45) is 0. The van der Waals surface area contributed by atoms with Gasteiger partial charge in [0.05, 0.1) is 6.57 Å². The van der Waals surface area contributed by atoms with Crippen LogP contribution < -0.4 is 16.2 Å². The number of amides is 2. The number of para-hydroxylation sites is 1. The summed E-state index contributed by atoms with van der Waals surface area (Å²) in [6.45, 7) is 10.6. The Labute approximate surface area is 139 Å². The third-order valence-electron chi connectivity index (χ3n) is 3.72. The molecule has 7 heteroatoms. The molecule has 0 unspecified atom stereocenters. The van der Waals surface area contributed by atoms with Crippen LogP contribution in [0.25, 0.3) is 4.85 Å². The summed E-state index contributed by atoms with van der Waals surface area (Å²) in [5, 5.41) is 15.4. The minimum atomic E-state index is -0.559.